The minimum atomic E-state index is -1.51. The van der Waals surface area contributed by atoms with E-state index in [1.54, 1.807) is 54.6 Å². The molecule has 3 aromatic rings. The number of thioether (sulfide) groups is 1. The Morgan fingerprint density at radius 1 is 1.21 bits per heavy atom. The Morgan fingerprint density at radius 2 is 2.00 bits per heavy atom. The summed E-state index contributed by atoms with van der Waals surface area (Å²) in [4.78, 5) is 32.7. The summed E-state index contributed by atoms with van der Waals surface area (Å²) in [7, 11) is 1.57. The Kier molecular flexibility index (Phi) is 6.40. The molecule has 2 atom stereocenters. The van der Waals surface area contributed by atoms with E-state index < -0.39 is 22.8 Å². The number of amides is 1. The number of carboxylic acids is 1. The molecule has 1 fully saturated rings. The molecule has 4 rings (SSSR count). The van der Waals surface area contributed by atoms with Crippen molar-refractivity contribution in [1.82, 2.24) is 19.7 Å². The Hall–Kier alpha value is -3.33. The van der Waals surface area contributed by atoms with Crippen LogP contribution in [0.2, 0.25) is 0 Å². The van der Waals surface area contributed by atoms with Crippen molar-refractivity contribution in [2.24, 2.45) is 0 Å². The fourth-order valence-corrected chi connectivity index (χ4v) is 5.77. The number of nitrogens with zero attached hydrogens (tertiary/aromatic N) is 4. The lowest BCUT2D eigenvalue weighted by molar-refractivity contribution is -0.149. The number of methoxy groups -OCH3 is 1. The van der Waals surface area contributed by atoms with E-state index in [9.17, 15) is 14.7 Å². The number of rotatable bonds is 6. The molecule has 0 bridgehead atoms. The maximum Gasteiger partial charge on any atom is 0.332 e. The molecule has 0 aliphatic carbocycles. The van der Waals surface area contributed by atoms with E-state index in [4.69, 9.17) is 4.74 Å². The first-order chi connectivity index (χ1) is 16.2. The number of aliphatic carboxylic acids is 1. The van der Waals surface area contributed by atoms with Crippen LogP contribution in [0.25, 0.3) is 0 Å². The fraction of sp³-hybridized carbons (Fsp3) is 0.360. The van der Waals surface area contributed by atoms with Crippen LogP contribution in [0.5, 0.6) is 5.75 Å². The standard InChI is InChI=1S/C25H28N4O4S/c1-24(2,3)18-10-9-17(14-20(18)33-4)21(30)29-22(19-8-5-6-11-26-19)34-16-25(29,23(31)32)15-28-13-7-12-27-28/h5-14,22H,15-16H2,1-4H3,(H,31,32). The quantitative estimate of drug-likeness (QED) is 0.570. The number of hydrogen-bond donors (Lipinski definition) is 1. The van der Waals surface area contributed by atoms with Gasteiger partial charge in [-0.2, -0.15) is 5.10 Å². The van der Waals surface area contributed by atoms with Gasteiger partial charge in [0.15, 0.2) is 5.54 Å². The molecule has 9 heteroatoms. The van der Waals surface area contributed by atoms with Gasteiger partial charge in [-0.1, -0.05) is 32.9 Å². The first-order valence-corrected chi connectivity index (χ1v) is 12.0. The molecule has 0 radical (unpaired) electrons. The number of aromatic nitrogens is 3. The van der Waals surface area contributed by atoms with Gasteiger partial charge >= 0.3 is 5.97 Å². The molecule has 1 saturated heterocycles. The minimum Gasteiger partial charge on any atom is -0.496 e. The first kappa shape index (κ1) is 23.8. The third kappa shape index (κ3) is 4.27. The Bertz CT molecular complexity index is 1180. The molecule has 0 spiro atoms. The number of ether oxygens (including phenoxy) is 1. The van der Waals surface area contributed by atoms with E-state index in [1.807, 2.05) is 18.2 Å². The van der Waals surface area contributed by atoms with E-state index >= 15 is 0 Å². The molecule has 3 heterocycles. The highest BCUT2D eigenvalue weighted by Crippen LogP contribution is 2.48. The van der Waals surface area contributed by atoms with Crippen molar-refractivity contribution in [3.63, 3.8) is 0 Å². The van der Waals surface area contributed by atoms with Gasteiger partial charge in [-0.25, -0.2) is 4.79 Å². The number of carboxylic acid groups (broad SMARTS) is 1. The van der Waals surface area contributed by atoms with Gasteiger partial charge in [-0.3, -0.25) is 14.5 Å². The summed E-state index contributed by atoms with van der Waals surface area (Å²) in [6.45, 7) is 6.23. The maximum atomic E-state index is 14.0. The minimum absolute atomic E-state index is 0.0224. The van der Waals surface area contributed by atoms with Crippen LogP contribution in [0.3, 0.4) is 0 Å². The van der Waals surface area contributed by atoms with Crippen LogP contribution >= 0.6 is 11.8 Å². The third-order valence-electron chi connectivity index (χ3n) is 5.97. The second-order valence-corrected chi connectivity index (χ2v) is 10.4. The molecule has 1 aromatic carbocycles. The van der Waals surface area contributed by atoms with Crippen molar-refractivity contribution in [1.29, 1.82) is 0 Å². The number of carbonyl (C=O) groups excluding carboxylic acids is 1. The molecule has 1 aliphatic heterocycles. The zero-order valence-electron chi connectivity index (χ0n) is 19.6. The van der Waals surface area contributed by atoms with Crippen LogP contribution in [0.15, 0.2) is 61.1 Å². The first-order valence-electron chi connectivity index (χ1n) is 10.9. The van der Waals surface area contributed by atoms with Crippen LogP contribution in [0.1, 0.15) is 47.8 Å². The molecular formula is C25H28N4O4S. The molecule has 178 valence electrons. The van der Waals surface area contributed by atoms with Gasteiger partial charge in [-0.15, -0.1) is 11.8 Å². The zero-order chi connectivity index (χ0) is 24.5. The number of pyridine rings is 1. The molecule has 2 unspecified atom stereocenters. The van der Waals surface area contributed by atoms with Gasteiger partial charge in [-0.05, 0) is 41.3 Å². The summed E-state index contributed by atoms with van der Waals surface area (Å²) in [5, 5.41) is 14.1. The molecule has 2 aromatic heterocycles. The van der Waals surface area contributed by atoms with E-state index in [-0.39, 0.29) is 17.7 Å². The molecular weight excluding hydrogens is 452 g/mol. The average Bonchev–Trinajstić information content (AvgIpc) is 3.47. The smallest absolute Gasteiger partial charge is 0.332 e. The lowest BCUT2D eigenvalue weighted by Crippen LogP contribution is -2.58. The van der Waals surface area contributed by atoms with E-state index in [0.717, 1.165) is 5.56 Å². The molecule has 0 saturated carbocycles. The summed E-state index contributed by atoms with van der Waals surface area (Å²) in [6.07, 6.45) is 4.94. The Labute approximate surface area is 202 Å². The Balaban J connectivity index is 1.83. The van der Waals surface area contributed by atoms with Gasteiger partial charge in [0.1, 0.15) is 11.1 Å². The van der Waals surface area contributed by atoms with Crippen LogP contribution in [-0.4, -0.2) is 55.0 Å². The van der Waals surface area contributed by atoms with Crippen LogP contribution < -0.4 is 4.74 Å². The average molecular weight is 481 g/mol. The van der Waals surface area contributed by atoms with Gasteiger partial charge in [0.25, 0.3) is 5.91 Å². The molecule has 34 heavy (non-hydrogen) atoms. The SMILES string of the molecule is COc1cc(C(=O)N2C(c3ccccn3)SCC2(Cn2cccn2)C(=O)O)ccc1C(C)(C)C. The van der Waals surface area contributed by atoms with Crippen molar-refractivity contribution in [2.75, 3.05) is 12.9 Å². The normalized spacial score (nSPS) is 20.4. The lowest BCUT2D eigenvalue weighted by atomic mass is 9.85. The van der Waals surface area contributed by atoms with Gasteiger partial charge in [0, 0.05) is 29.9 Å². The van der Waals surface area contributed by atoms with E-state index in [2.05, 4.69) is 30.9 Å². The predicted octanol–water partition coefficient (Wildman–Crippen LogP) is 4.00. The number of carbonyl (C=O) groups is 2. The van der Waals surface area contributed by atoms with Crippen LogP contribution in [-0.2, 0) is 16.8 Å². The van der Waals surface area contributed by atoms with Crippen molar-refractivity contribution in [2.45, 2.75) is 43.6 Å². The number of hydrogen-bond acceptors (Lipinski definition) is 6. The van der Waals surface area contributed by atoms with E-state index in [1.165, 1.54) is 16.7 Å². The fourth-order valence-electron chi connectivity index (χ4n) is 4.23. The summed E-state index contributed by atoms with van der Waals surface area (Å²) in [5.41, 5.74) is 0.260. The summed E-state index contributed by atoms with van der Waals surface area (Å²) >= 11 is 1.39. The highest BCUT2D eigenvalue weighted by atomic mass is 32.2. The topological polar surface area (TPSA) is 97.5 Å². The number of benzene rings is 1. The monoisotopic (exact) mass is 480 g/mol. The highest BCUT2D eigenvalue weighted by Gasteiger charge is 2.56. The van der Waals surface area contributed by atoms with Crippen molar-refractivity contribution in [3.05, 3.63) is 77.9 Å². The largest absolute Gasteiger partial charge is 0.496 e. The summed E-state index contributed by atoms with van der Waals surface area (Å²) in [6, 6.07) is 12.5. The summed E-state index contributed by atoms with van der Waals surface area (Å²) in [5.74, 6) is -0.686. The maximum absolute atomic E-state index is 14.0. The highest BCUT2D eigenvalue weighted by molar-refractivity contribution is 7.99. The Morgan fingerprint density at radius 3 is 2.59 bits per heavy atom. The van der Waals surface area contributed by atoms with Crippen LogP contribution in [0, 0.1) is 0 Å². The second kappa shape index (κ2) is 9.13. The molecule has 8 nitrogen and oxygen atoms in total. The van der Waals surface area contributed by atoms with Crippen molar-refractivity contribution in [3.8, 4) is 5.75 Å². The predicted molar refractivity (Wildman–Crippen MR) is 130 cm³/mol. The molecule has 1 aliphatic rings. The molecule has 1 amide bonds. The third-order valence-corrected chi connectivity index (χ3v) is 7.38. The zero-order valence-corrected chi connectivity index (χ0v) is 20.5. The lowest BCUT2D eigenvalue weighted by Gasteiger charge is -2.37. The van der Waals surface area contributed by atoms with Crippen LogP contribution in [0.4, 0.5) is 0 Å². The second-order valence-electron chi connectivity index (χ2n) is 9.30. The van der Waals surface area contributed by atoms with Crippen molar-refractivity contribution < 1.29 is 19.4 Å². The summed E-state index contributed by atoms with van der Waals surface area (Å²) < 4.78 is 7.16. The van der Waals surface area contributed by atoms with Gasteiger partial charge in [0.05, 0.1) is 19.3 Å². The molecule has 1 N–H and O–H groups in total. The van der Waals surface area contributed by atoms with Crippen molar-refractivity contribution >= 4 is 23.6 Å². The van der Waals surface area contributed by atoms with Gasteiger partial charge in [0.2, 0.25) is 0 Å². The van der Waals surface area contributed by atoms with Gasteiger partial charge < -0.3 is 14.7 Å². The van der Waals surface area contributed by atoms with E-state index in [0.29, 0.717) is 17.0 Å².